The number of likely N-dealkylation sites (N-methyl/N-ethyl adjacent to an activating group) is 1. The summed E-state index contributed by atoms with van der Waals surface area (Å²) in [6, 6.07) is 28.9. The molecule has 0 fully saturated rings. The molecule has 2 nitrogen and oxygen atoms in total. The molecule has 0 saturated heterocycles. The van der Waals surface area contributed by atoms with Crippen LogP contribution in [0.4, 0.5) is 4.39 Å². The molecular formula is C27H30FNO. The number of halogens is 1. The highest BCUT2D eigenvalue weighted by atomic mass is 18.2. The van der Waals surface area contributed by atoms with Gasteiger partial charge in [0.05, 0.1) is 6.67 Å². The van der Waals surface area contributed by atoms with Crippen LogP contribution in [-0.4, -0.2) is 38.8 Å². The van der Waals surface area contributed by atoms with Gasteiger partial charge in [-0.25, -0.2) is 0 Å². The summed E-state index contributed by atoms with van der Waals surface area (Å²) >= 11 is 0. The highest BCUT2D eigenvalue weighted by Gasteiger charge is 2.14. The summed E-state index contributed by atoms with van der Waals surface area (Å²) in [7, 11) is 4.07. The lowest BCUT2D eigenvalue weighted by molar-refractivity contribution is 0.261. The van der Waals surface area contributed by atoms with Gasteiger partial charge in [0.25, 0.3) is 0 Å². The third kappa shape index (κ3) is 6.04. The van der Waals surface area contributed by atoms with E-state index in [2.05, 4.69) is 41.3 Å². The highest BCUT2D eigenvalue weighted by molar-refractivity contribution is 5.98. The Kier molecular flexibility index (Phi) is 8.22. The molecule has 3 aromatic carbocycles. The van der Waals surface area contributed by atoms with E-state index in [-0.39, 0.29) is 6.67 Å². The summed E-state index contributed by atoms with van der Waals surface area (Å²) in [5.41, 5.74) is 5.70. The molecule has 0 aliphatic carbocycles. The van der Waals surface area contributed by atoms with E-state index in [1.54, 1.807) is 0 Å². The molecule has 3 aromatic rings. The van der Waals surface area contributed by atoms with Crippen molar-refractivity contribution in [1.29, 1.82) is 0 Å². The van der Waals surface area contributed by atoms with Crippen LogP contribution in [0, 0.1) is 0 Å². The Morgan fingerprint density at radius 3 is 1.90 bits per heavy atom. The molecule has 0 unspecified atom stereocenters. The minimum absolute atomic E-state index is 0.322. The van der Waals surface area contributed by atoms with Gasteiger partial charge in [-0.2, -0.15) is 0 Å². The van der Waals surface area contributed by atoms with E-state index in [0.717, 1.165) is 34.6 Å². The molecule has 0 aliphatic heterocycles. The first-order chi connectivity index (χ1) is 14.7. The molecule has 0 radical (unpaired) electrons. The largest absolute Gasteiger partial charge is 0.492 e. The quantitative estimate of drug-likeness (QED) is 0.367. The van der Waals surface area contributed by atoms with E-state index in [9.17, 15) is 4.39 Å². The summed E-state index contributed by atoms with van der Waals surface area (Å²) in [4.78, 5) is 2.10. The Bertz CT molecular complexity index is 918. The van der Waals surface area contributed by atoms with Crippen LogP contribution >= 0.6 is 0 Å². The standard InChI is InChI=1S/C27H30FNO/c1-29(2)20-21-30-25-17-15-24(16-18-25)27(23-12-7-4-8-13-23)26(14-9-19-28)22-10-5-3-6-11-22/h3-8,10-13,15-18H,9,14,19-21H2,1-2H3/b27-26-/i28-1. The van der Waals surface area contributed by atoms with Gasteiger partial charge < -0.3 is 9.64 Å². The van der Waals surface area contributed by atoms with E-state index in [1.165, 1.54) is 5.57 Å². The number of nitrogens with zero attached hydrogens (tertiary/aromatic N) is 1. The second kappa shape index (κ2) is 11.3. The zero-order valence-electron chi connectivity index (χ0n) is 17.9. The average molecular weight is 403 g/mol. The molecule has 0 heterocycles. The van der Waals surface area contributed by atoms with Gasteiger partial charge in [0, 0.05) is 6.54 Å². The van der Waals surface area contributed by atoms with Gasteiger partial charge in [-0.1, -0.05) is 72.8 Å². The van der Waals surface area contributed by atoms with Crippen LogP contribution in [0.25, 0.3) is 11.1 Å². The number of ether oxygens (including phenoxy) is 1. The van der Waals surface area contributed by atoms with Crippen LogP contribution in [0.15, 0.2) is 84.9 Å². The summed E-state index contributed by atoms with van der Waals surface area (Å²) in [6.45, 7) is 1.20. The van der Waals surface area contributed by atoms with Gasteiger partial charge in [0.1, 0.15) is 12.4 Å². The first-order valence-corrected chi connectivity index (χ1v) is 10.5. The number of hydrogen-bond acceptors (Lipinski definition) is 2. The van der Waals surface area contributed by atoms with E-state index in [4.69, 9.17) is 4.74 Å². The van der Waals surface area contributed by atoms with Crippen molar-refractivity contribution in [2.45, 2.75) is 12.8 Å². The summed E-state index contributed by atoms with van der Waals surface area (Å²) < 4.78 is 19.0. The SMILES string of the molecule is CN(C)CCOc1ccc(/C(=C(/CCC[18F])c2ccccc2)c2ccccc2)cc1. The summed E-state index contributed by atoms with van der Waals surface area (Å²) in [5.74, 6) is 0.859. The maximum Gasteiger partial charge on any atom is 0.119 e. The molecule has 3 heteroatoms. The van der Waals surface area contributed by atoms with Gasteiger partial charge >= 0.3 is 0 Å². The van der Waals surface area contributed by atoms with E-state index < -0.39 is 0 Å². The van der Waals surface area contributed by atoms with E-state index in [1.807, 2.05) is 62.6 Å². The molecule has 0 aromatic heterocycles. The van der Waals surface area contributed by atoms with Gasteiger partial charge in [-0.05, 0) is 66.9 Å². The fraction of sp³-hybridized carbons (Fsp3) is 0.259. The first-order valence-electron chi connectivity index (χ1n) is 10.5. The molecular weight excluding hydrogens is 372 g/mol. The van der Waals surface area contributed by atoms with E-state index >= 15 is 0 Å². The van der Waals surface area contributed by atoms with Crippen LogP contribution in [-0.2, 0) is 0 Å². The zero-order chi connectivity index (χ0) is 21.2. The minimum atomic E-state index is -0.322. The number of alkyl halides is 1. The Labute approximate surface area is 179 Å². The Hall–Kier alpha value is -2.91. The maximum absolute atomic E-state index is 13.1. The molecule has 0 bridgehead atoms. The van der Waals surface area contributed by atoms with Crippen molar-refractivity contribution in [2.75, 3.05) is 33.9 Å². The fourth-order valence-corrected chi connectivity index (χ4v) is 3.48. The summed E-state index contributed by atoms with van der Waals surface area (Å²) in [6.07, 6.45) is 1.19. The smallest absolute Gasteiger partial charge is 0.119 e. The number of rotatable bonds is 10. The highest BCUT2D eigenvalue weighted by Crippen LogP contribution is 2.35. The lowest BCUT2D eigenvalue weighted by Crippen LogP contribution is -2.19. The second-order valence-corrected chi connectivity index (χ2v) is 7.55. The average Bonchev–Trinajstić information content (AvgIpc) is 2.78. The van der Waals surface area contributed by atoms with Crippen molar-refractivity contribution in [3.63, 3.8) is 0 Å². The Balaban J connectivity index is 2.03. The van der Waals surface area contributed by atoms with Gasteiger partial charge in [-0.3, -0.25) is 4.39 Å². The topological polar surface area (TPSA) is 12.5 Å². The van der Waals surface area contributed by atoms with Gasteiger partial charge in [-0.15, -0.1) is 0 Å². The molecule has 0 atom stereocenters. The predicted molar refractivity (Wildman–Crippen MR) is 125 cm³/mol. The number of allylic oxidation sites excluding steroid dienone is 1. The molecule has 156 valence electrons. The van der Waals surface area contributed by atoms with Gasteiger partial charge in [0.2, 0.25) is 0 Å². The van der Waals surface area contributed by atoms with Crippen molar-refractivity contribution in [1.82, 2.24) is 4.90 Å². The Morgan fingerprint density at radius 2 is 1.33 bits per heavy atom. The van der Waals surface area contributed by atoms with Crippen LogP contribution in [0.3, 0.4) is 0 Å². The minimum Gasteiger partial charge on any atom is -0.492 e. The summed E-state index contributed by atoms with van der Waals surface area (Å²) in [5, 5.41) is 0. The van der Waals surface area contributed by atoms with Crippen LogP contribution in [0.2, 0.25) is 0 Å². The monoisotopic (exact) mass is 402 g/mol. The molecule has 0 saturated carbocycles. The van der Waals surface area contributed by atoms with Crippen molar-refractivity contribution in [3.05, 3.63) is 102 Å². The van der Waals surface area contributed by atoms with Crippen molar-refractivity contribution in [3.8, 4) is 5.75 Å². The van der Waals surface area contributed by atoms with Crippen LogP contribution in [0.5, 0.6) is 5.75 Å². The van der Waals surface area contributed by atoms with Crippen molar-refractivity contribution < 1.29 is 9.13 Å². The van der Waals surface area contributed by atoms with Crippen LogP contribution in [0.1, 0.15) is 29.5 Å². The zero-order valence-corrected chi connectivity index (χ0v) is 17.9. The molecule has 0 N–H and O–H groups in total. The molecule has 3 rings (SSSR count). The molecule has 0 spiro atoms. The third-order valence-corrected chi connectivity index (χ3v) is 5.00. The predicted octanol–water partition coefficient (Wildman–Crippen LogP) is 6.34. The number of hydrogen-bond donors (Lipinski definition) is 0. The fourth-order valence-electron chi connectivity index (χ4n) is 3.48. The first kappa shape index (κ1) is 21.8. The number of benzene rings is 3. The second-order valence-electron chi connectivity index (χ2n) is 7.55. The lowest BCUT2D eigenvalue weighted by atomic mass is 9.87. The van der Waals surface area contributed by atoms with Gasteiger partial charge in [0.15, 0.2) is 0 Å². The third-order valence-electron chi connectivity index (χ3n) is 5.00. The normalized spacial score (nSPS) is 12.0. The van der Waals surface area contributed by atoms with E-state index in [0.29, 0.717) is 19.4 Å². The molecule has 30 heavy (non-hydrogen) atoms. The molecule has 0 amide bonds. The maximum atomic E-state index is 13.1. The van der Waals surface area contributed by atoms with Crippen molar-refractivity contribution in [2.24, 2.45) is 0 Å². The van der Waals surface area contributed by atoms with Crippen LogP contribution < -0.4 is 4.74 Å². The molecule has 0 aliphatic rings. The lowest BCUT2D eigenvalue weighted by Gasteiger charge is -2.18. The Morgan fingerprint density at radius 1 is 0.767 bits per heavy atom. The van der Waals surface area contributed by atoms with Crippen molar-refractivity contribution >= 4 is 11.1 Å².